The zero-order chi connectivity index (χ0) is 13.0. The minimum absolute atomic E-state index is 0.0671. The SMILES string of the molecule is O=C(NC1C2CC3CC(C2)CC1C3)[C@H]1CCCN1O. The summed E-state index contributed by atoms with van der Waals surface area (Å²) >= 11 is 0. The third kappa shape index (κ3) is 2.00. The third-order valence-corrected chi connectivity index (χ3v) is 6.06. The maximum absolute atomic E-state index is 12.3. The van der Waals surface area contributed by atoms with Crippen LogP contribution in [0.4, 0.5) is 0 Å². The topological polar surface area (TPSA) is 52.6 Å². The summed E-state index contributed by atoms with van der Waals surface area (Å²) in [6.45, 7) is 0.639. The molecule has 0 spiro atoms. The normalized spacial score (nSPS) is 48.7. The summed E-state index contributed by atoms with van der Waals surface area (Å²) in [5.74, 6) is 3.38. The Labute approximate surface area is 114 Å². The van der Waals surface area contributed by atoms with Gasteiger partial charge in [0.1, 0.15) is 6.04 Å². The average Bonchev–Trinajstić information content (AvgIpc) is 2.79. The molecule has 5 rings (SSSR count). The van der Waals surface area contributed by atoms with Crippen molar-refractivity contribution >= 4 is 5.91 Å². The molecule has 1 aliphatic heterocycles. The van der Waals surface area contributed by atoms with Gasteiger partial charge in [0.25, 0.3) is 0 Å². The van der Waals surface area contributed by atoms with E-state index in [1.54, 1.807) is 0 Å². The van der Waals surface area contributed by atoms with Crippen molar-refractivity contribution in [3.63, 3.8) is 0 Å². The molecule has 0 radical (unpaired) electrons. The van der Waals surface area contributed by atoms with Crippen molar-refractivity contribution in [3.05, 3.63) is 0 Å². The molecule has 1 heterocycles. The molecule has 4 bridgehead atoms. The lowest BCUT2D eigenvalue weighted by atomic mass is 9.54. The fourth-order valence-corrected chi connectivity index (χ4v) is 5.44. The molecule has 19 heavy (non-hydrogen) atoms. The molecular formula is C15H24N2O2. The van der Waals surface area contributed by atoms with Gasteiger partial charge in [0.15, 0.2) is 0 Å². The molecule has 0 unspecified atom stereocenters. The Balaban J connectivity index is 1.44. The summed E-state index contributed by atoms with van der Waals surface area (Å²) in [6, 6.07) is 0.103. The Hall–Kier alpha value is -0.610. The minimum atomic E-state index is -0.294. The second kappa shape index (κ2) is 4.45. The molecule has 1 saturated heterocycles. The van der Waals surface area contributed by atoms with Gasteiger partial charge in [-0.05, 0) is 68.6 Å². The fourth-order valence-electron chi connectivity index (χ4n) is 5.44. The van der Waals surface area contributed by atoms with Gasteiger partial charge in [-0.15, -0.1) is 0 Å². The van der Waals surface area contributed by atoms with E-state index in [4.69, 9.17) is 0 Å². The minimum Gasteiger partial charge on any atom is -0.351 e. The predicted molar refractivity (Wildman–Crippen MR) is 70.5 cm³/mol. The molecule has 5 fully saturated rings. The second-order valence-electron chi connectivity index (χ2n) is 7.29. The molecule has 4 heteroatoms. The molecular weight excluding hydrogens is 240 g/mol. The first-order chi connectivity index (χ1) is 9.20. The van der Waals surface area contributed by atoms with Crippen LogP contribution in [-0.2, 0) is 4.79 Å². The summed E-state index contributed by atoms with van der Waals surface area (Å²) in [5, 5.41) is 14.2. The highest BCUT2D eigenvalue weighted by Crippen LogP contribution is 2.53. The zero-order valence-electron chi connectivity index (χ0n) is 11.4. The summed E-state index contributed by atoms with van der Waals surface area (Å²) in [6.07, 6.45) is 8.47. The molecule has 106 valence electrons. The Morgan fingerprint density at radius 2 is 1.68 bits per heavy atom. The largest absolute Gasteiger partial charge is 0.351 e. The van der Waals surface area contributed by atoms with E-state index in [0.29, 0.717) is 24.4 Å². The van der Waals surface area contributed by atoms with Crippen LogP contribution in [0.5, 0.6) is 0 Å². The number of nitrogens with one attached hydrogen (secondary N) is 1. The predicted octanol–water partition coefficient (Wildman–Crippen LogP) is 1.78. The fraction of sp³-hybridized carbons (Fsp3) is 0.933. The molecule has 4 aliphatic carbocycles. The van der Waals surface area contributed by atoms with Gasteiger partial charge in [-0.3, -0.25) is 4.79 Å². The van der Waals surface area contributed by atoms with Crippen molar-refractivity contribution in [1.29, 1.82) is 0 Å². The number of hydrogen-bond acceptors (Lipinski definition) is 3. The highest BCUT2D eigenvalue weighted by molar-refractivity contribution is 5.82. The van der Waals surface area contributed by atoms with E-state index in [9.17, 15) is 10.0 Å². The van der Waals surface area contributed by atoms with Crippen molar-refractivity contribution in [2.24, 2.45) is 23.7 Å². The van der Waals surface area contributed by atoms with Gasteiger partial charge < -0.3 is 10.5 Å². The van der Waals surface area contributed by atoms with Gasteiger partial charge in [-0.1, -0.05) is 0 Å². The van der Waals surface area contributed by atoms with Crippen molar-refractivity contribution in [3.8, 4) is 0 Å². The molecule has 4 nitrogen and oxygen atoms in total. The van der Waals surface area contributed by atoms with Crippen molar-refractivity contribution in [2.45, 2.75) is 57.0 Å². The van der Waals surface area contributed by atoms with Gasteiger partial charge in [-0.2, -0.15) is 5.06 Å². The van der Waals surface area contributed by atoms with Crippen molar-refractivity contribution in [2.75, 3.05) is 6.54 Å². The number of carbonyl (C=O) groups excluding carboxylic acids is 1. The van der Waals surface area contributed by atoms with Crippen molar-refractivity contribution in [1.82, 2.24) is 10.4 Å². The van der Waals surface area contributed by atoms with Crippen LogP contribution in [0.3, 0.4) is 0 Å². The van der Waals surface area contributed by atoms with Gasteiger partial charge in [0, 0.05) is 12.6 Å². The Morgan fingerprint density at radius 3 is 2.21 bits per heavy atom. The van der Waals surface area contributed by atoms with Gasteiger partial charge in [-0.25, -0.2) is 0 Å². The first kappa shape index (κ1) is 12.2. The lowest BCUT2D eigenvalue weighted by molar-refractivity contribution is -0.148. The van der Waals surface area contributed by atoms with E-state index in [-0.39, 0.29) is 11.9 Å². The molecule has 4 saturated carbocycles. The van der Waals surface area contributed by atoms with E-state index >= 15 is 0 Å². The maximum atomic E-state index is 12.3. The quantitative estimate of drug-likeness (QED) is 0.799. The lowest BCUT2D eigenvalue weighted by Crippen LogP contribution is -2.58. The Bertz CT molecular complexity index is 356. The van der Waals surface area contributed by atoms with Gasteiger partial charge in [0.2, 0.25) is 5.91 Å². The van der Waals surface area contributed by atoms with Crippen molar-refractivity contribution < 1.29 is 10.0 Å². The van der Waals surface area contributed by atoms with Crippen LogP contribution in [0.1, 0.15) is 44.9 Å². The van der Waals surface area contributed by atoms with E-state index in [1.807, 2.05) is 0 Å². The number of nitrogens with zero attached hydrogens (tertiary/aromatic N) is 1. The molecule has 5 aliphatic rings. The van der Waals surface area contributed by atoms with Crippen LogP contribution < -0.4 is 5.32 Å². The lowest BCUT2D eigenvalue weighted by Gasteiger charge is -2.54. The summed E-state index contributed by atoms with van der Waals surface area (Å²) in [7, 11) is 0. The third-order valence-electron chi connectivity index (χ3n) is 6.06. The highest BCUT2D eigenvalue weighted by Gasteiger charge is 2.49. The Morgan fingerprint density at radius 1 is 1.05 bits per heavy atom. The zero-order valence-corrected chi connectivity index (χ0v) is 11.4. The average molecular weight is 264 g/mol. The first-order valence-corrected chi connectivity index (χ1v) is 7.96. The summed E-state index contributed by atoms with van der Waals surface area (Å²) < 4.78 is 0. The number of carbonyl (C=O) groups is 1. The van der Waals surface area contributed by atoms with E-state index in [1.165, 1.54) is 37.2 Å². The number of rotatable bonds is 2. The van der Waals surface area contributed by atoms with Gasteiger partial charge in [0.05, 0.1) is 0 Å². The molecule has 2 N–H and O–H groups in total. The smallest absolute Gasteiger partial charge is 0.239 e. The highest BCUT2D eigenvalue weighted by atomic mass is 16.5. The van der Waals surface area contributed by atoms with Crippen LogP contribution in [0.25, 0.3) is 0 Å². The molecule has 1 atom stereocenters. The number of hydroxylamine groups is 2. The number of amides is 1. The van der Waals surface area contributed by atoms with Crippen LogP contribution in [0.2, 0.25) is 0 Å². The van der Waals surface area contributed by atoms with E-state index < -0.39 is 0 Å². The summed E-state index contributed by atoms with van der Waals surface area (Å²) in [5.41, 5.74) is 0. The van der Waals surface area contributed by atoms with Crippen LogP contribution >= 0.6 is 0 Å². The van der Waals surface area contributed by atoms with Gasteiger partial charge >= 0.3 is 0 Å². The van der Waals surface area contributed by atoms with Crippen LogP contribution in [-0.4, -0.2) is 34.8 Å². The molecule has 1 amide bonds. The molecule has 0 aromatic rings. The summed E-state index contributed by atoms with van der Waals surface area (Å²) in [4.78, 5) is 12.3. The first-order valence-electron chi connectivity index (χ1n) is 7.96. The maximum Gasteiger partial charge on any atom is 0.239 e. The van der Waals surface area contributed by atoms with Crippen LogP contribution in [0, 0.1) is 23.7 Å². The van der Waals surface area contributed by atoms with E-state index in [0.717, 1.165) is 24.7 Å². The molecule has 0 aromatic carbocycles. The number of hydrogen-bond donors (Lipinski definition) is 2. The van der Waals surface area contributed by atoms with E-state index in [2.05, 4.69) is 5.32 Å². The second-order valence-corrected chi connectivity index (χ2v) is 7.29. The Kier molecular flexibility index (Phi) is 2.85. The monoisotopic (exact) mass is 264 g/mol. The standard InChI is InChI=1S/C15H24N2O2/c18-15(13-2-1-3-17(13)19)16-14-11-5-9-4-10(7-11)8-12(14)6-9/h9-14,19H,1-8H2,(H,16,18)/t9?,10?,11?,12?,13-,14?/m1/s1. The van der Waals surface area contributed by atoms with Crippen LogP contribution in [0.15, 0.2) is 0 Å². The molecule has 0 aromatic heterocycles.